The molecule has 1 fully saturated rings. The molecule has 0 unspecified atom stereocenters. The summed E-state index contributed by atoms with van der Waals surface area (Å²) in [5.41, 5.74) is 9.32. The number of aliphatic imine (C=N–C) groups is 1. The van der Waals surface area contributed by atoms with Gasteiger partial charge in [0.15, 0.2) is 5.96 Å². The number of guanidine groups is 1. The van der Waals surface area contributed by atoms with Crippen LogP contribution in [0.2, 0.25) is 0 Å². The van der Waals surface area contributed by atoms with E-state index in [1.165, 1.54) is 5.56 Å². The predicted octanol–water partition coefficient (Wildman–Crippen LogP) is 3.02. The Morgan fingerprint density at radius 1 is 1.11 bits per heavy atom. The van der Waals surface area contributed by atoms with Crippen LogP contribution in [0.5, 0.6) is 0 Å². The lowest BCUT2D eigenvalue weighted by molar-refractivity contribution is 0.199. The molecule has 28 heavy (non-hydrogen) atoms. The van der Waals surface area contributed by atoms with Crippen molar-refractivity contribution in [3.63, 3.8) is 0 Å². The van der Waals surface area contributed by atoms with Crippen molar-refractivity contribution in [3.8, 4) is 0 Å². The second-order valence-electron chi connectivity index (χ2n) is 7.08. The third-order valence-corrected chi connectivity index (χ3v) is 5.01. The Kier molecular flexibility index (Phi) is 7.27. The minimum Gasteiger partial charge on any atom is -0.370 e. The van der Waals surface area contributed by atoms with E-state index in [1.54, 1.807) is 0 Å². The lowest BCUT2D eigenvalue weighted by Crippen LogP contribution is -2.46. The first kappa shape index (κ1) is 20.6. The fourth-order valence-corrected chi connectivity index (χ4v) is 3.56. The van der Waals surface area contributed by atoms with Crippen LogP contribution in [0.4, 0.5) is 0 Å². The average molecular weight is 490 g/mol. The van der Waals surface area contributed by atoms with Crippen molar-refractivity contribution in [1.82, 2.24) is 19.6 Å². The van der Waals surface area contributed by atoms with Gasteiger partial charge >= 0.3 is 0 Å². The first-order chi connectivity index (χ1) is 13.3. The molecule has 0 bridgehead atoms. The van der Waals surface area contributed by atoms with Crippen LogP contribution >= 0.6 is 24.0 Å². The molecule has 3 N–H and O–H groups in total. The topological polar surface area (TPSA) is 70.9 Å². The highest BCUT2D eigenvalue weighted by molar-refractivity contribution is 14.0. The molecule has 148 valence electrons. The summed E-state index contributed by atoms with van der Waals surface area (Å²) in [4.78, 5) is 11.5. The number of hydrogen-bond donors (Lipinski definition) is 2. The fraction of sp³-hybridized carbons (Fsp3) is 0.333. The second-order valence-corrected chi connectivity index (χ2v) is 7.08. The van der Waals surface area contributed by atoms with Crippen molar-refractivity contribution in [2.75, 3.05) is 13.1 Å². The van der Waals surface area contributed by atoms with Crippen LogP contribution in [0.1, 0.15) is 24.1 Å². The van der Waals surface area contributed by atoms with Crippen LogP contribution in [0.25, 0.3) is 5.65 Å². The van der Waals surface area contributed by atoms with Gasteiger partial charge in [-0.3, -0.25) is 4.90 Å². The minimum absolute atomic E-state index is 0. The van der Waals surface area contributed by atoms with E-state index in [9.17, 15) is 0 Å². The highest BCUT2D eigenvalue weighted by atomic mass is 127. The van der Waals surface area contributed by atoms with Gasteiger partial charge in [-0.05, 0) is 30.5 Å². The zero-order valence-electron chi connectivity index (χ0n) is 15.9. The van der Waals surface area contributed by atoms with Crippen LogP contribution in [0.3, 0.4) is 0 Å². The predicted molar refractivity (Wildman–Crippen MR) is 124 cm³/mol. The molecule has 2 aromatic heterocycles. The molecule has 0 atom stereocenters. The summed E-state index contributed by atoms with van der Waals surface area (Å²) < 4.78 is 2.00. The standard InChI is InChI=1S/C21H26N6.HI/c22-21(23-14-19-16-27-11-5-4-8-20(27)24-19)25-18-9-12-26(13-10-18)15-17-6-2-1-3-7-17;/h1-8,11,16,18H,9-10,12-15H2,(H3,22,23,25);1H. The number of hydrogen-bond acceptors (Lipinski definition) is 3. The molecule has 1 aliphatic rings. The summed E-state index contributed by atoms with van der Waals surface area (Å²) in [6.45, 7) is 3.66. The average Bonchev–Trinajstić information content (AvgIpc) is 3.12. The Morgan fingerprint density at radius 3 is 2.61 bits per heavy atom. The van der Waals surface area contributed by atoms with Crippen molar-refractivity contribution in [1.29, 1.82) is 0 Å². The van der Waals surface area contributed by atoms with Gasteiger partial charge in [0, 0.05) is 38.1 Å². The fourth-order valence-electron chi connectivity index (χ4n) is 3.56. The van der Waals surface area contributed by atoms with Crippen molar-refractivity contribution in [2.24, 2.45) is 10.7 Å². The number of benzene rings is 1. The molecule has 0 aliphatic carbocycles. The number of rotatable bonds is 5. The summed E-state index contributed by atoms with van der Waals surface area (Å²) in [5, 5.41) is 3.37. The van der Waals surface area contributed by atoms with E-state index in [0.717, 1.165) is 43.8 Å². The molecule has 0 amide bonds. The molecular weight excluding hydrogens is 463 g/mol. The Hall–Kier alpha value is -2.13. The van der Waals surface area contributed by atoms with Crippen LogP contribution in [0.15, 0.2) is 65.9 Å². The number of fused-ring (bicyclic) bond motifs is 1. The van der Waals surface area contributed by atoms with E-state index in [4.69, 9.17) is 5.73 Å². The number of halogens is 1. The number of pyridine rings is 1. The Balaban J connectivity index is 0.00000225. The number of likely N-dealkylation sites (tertiary alicyclic amines) is 1. The van der Waals surface area contributed by atoms with Crippen molar-refractivity contribution < 1.29 is 0 Å². The van der Waals surface area contributed by atoms with Gasteiger partial charge in [-0.2, -0.15) is 0 Å². The quantitative estimate of drug-likeness (QED) is 0.328. The van der Waals surface area contributed by atoms with Crippen LogP contribution in [-0.2, 0) is 13.1 Å². The Labute approximate surface area is 182 Å². The monoisotopic (exact) mass is 490 g/mol. The maximum absolute atomic E-state index is 6.10. The van der Waals surface area contributed by atoms with Gasteiger partial charge in [-0.25, -0.2) is 9.98 Å². The second kappa shape index (κ2) is 9.88. The summed E-state index contributed by atoms with van der Waals surface area (Å²) >= 11 is 0. The molecule has 7 heteroatoms. The van der Waals surface area contributed by atoms with E-state index < -0.39 is 0 Å². The number of nitrogens with two attached hydrogens (primary N) is 1. The van der Waals surface area contributed by atoms with Crippen molar-refractivity contribution in [2.45, 2.75) is 32.0 Å². The molecule has 0 spiro atoms. The molecule has 3 aromatic rings. The van der Waals surface area contributed by atoms with Gasteiger partial charge in [-0.15, -0.1) is 24.0 Å². The summed E-state index contributed by atoms with van der Waals surface area (Å²) in [7, 11) is 0. The number of aromatic nitrogens is 2. The lowest BCUT2D eigenvalue weighted by atomic mass is 10.0. The van der Waals surface area contributed by atoms with Crippen molar-refractivity contribution >= 4 is 35.6 Å². The Bertz CT molecular complexity index is 866. The largest absolute Gasteiger partial charge is 0.370 e. The summed E-state index contributed by atoms with van der Waals surface area (Å²) in [5.74, 6) is 0.508. The SMILES string of the molecule is I.NC(=NCc1cn2ccccc2n1)NC1CCN(Cc2ccccc2)CC1. The van der Waals surface area contributed by atoms with Crippen molar-refractivity contribution in [3.05, 3.63) is 72.2 Å². The van der Waals surface area contributed by atoms with Crippen LogP contribution in [0, 0.1) is 0 Å². The van der Waals surface area contributed by atoms with Gasteiger partial charge in [0.1, 0.15) is 5.65 Å². The first-order valence-corrected chi connectivity index (χ1v) is 9.51. The van der Waals surface area contributed by atoms with E-state index in [0.29, 0.717) is 18.5 Å². The minimum atomic E-state index is 0. The molecule has 0 saturated carbocycles. The van der Waals surface area contributed by atoms with E-state index >= 15 is 0 Å². The number of nitrogens with zero attached hydrogens (tertiary/aromatic N) is 4. The summed E-state index contributed by atoms with van der Waals surface area (Å²) in [6, 6.07) is 17.0. The highest BCUT2D eigenvalue weighted by Gasteiger charge is 2.19. The zero-order chi connectivity index (χ0) is 18.5. The number of nitrogens with one attached hydrogen (secondary N) is 1. The molecular formula is C21H27IN6. The maximum Gasteiger partial charge on any atom is 0.189 e. The zero-order valence-corrected chi connectivity index (χ0v) is 18.2. The maximum atomic E-state index is 6.10. The van der Waals surface area contributed by atoms with E-state index in [2.05, 4.69) is 50.5 Å². The van der Waals surface area contributed by atoms with Gasteiger partial charge < -0.3 is 15.5 Å². The molecule has 0 radical (unpaired) electrons. The third kappa shape index (κ3) is 5.45. The van der Waals surface area contributed by atoms with Crippen LogP contribution < -0.4 is 11.1 Å². The van der Waals surface area contributed by atoms with Gasteiger partial charge in [0.25, 0.3) is 0 Å². The Morgan fingerprint density at radius 2 is 1.86 bits per heavy atom. The molecule has 4 rings (SSSR count). The lowest BCUT2D eigenvalue weighted by Gasteiger charge is -2.32. The van der Waals surface area contributed by atoms with Gasteiger partial charge in [-0.1, -0.05) is 36.4 Å². The van der Waals surface area contributed by atoms with Gasteiger partial charge in [0.05, 0.1) is 12.2 Å². The molecule has 6 nitrogen and oxygen atoms in total. The number of piperidine rings is 1. The molecule has 1 aromatic carbocycles. The first-order valence-electron chi connectivity index (χ1n) is 9.51. The van der Waals surface area contributed by atoms with E-state index in [-0.39, 0.29) is 24.0 Å². The van der Waals surface area contributed by atoms with Crippen LogP contribution in [-0.4, -0.2) is 39.4 Å². The molecule has 1 saturated heterocycles. The molecule has 3 heterocycles. The molecule has 1 aliphatic heterocycles. The normalized spacial score (nSPS) is 16.1. The van der Waals surface area contributed by atoms with E-state index in [1.807, 2.05) is 35.0 Å². The highest BCUT2D eigenvalue weighted by Crippen LogP contribution is 2.14. The number of imidazole rings is 1. The smallest absolute Gasteiger partial charge is 0.189 e. The van der Waals surface area contributed by atoms with Gasteiger partial charge in [0.2, 0.25) is 0 Å². The summed E-state index contributed by atoms with van der Waals surface area (Å²) in [6.07, 6.45) is 6.14. The third-order valence-electron chi connectivity index (χ3n) is 5.01.